The number of amides is 1. The fraction of sp³-hybridized carbons (Fsp3) is 0.462. The zero-order valence-corrected chi connectivity index (χ0v) is 10.1. The number of carbonyl (C=O) groups excluding carboxylic acids is 1. The summed E-state index contributed by atoms with van der Waals surface area (Å²) in [6.45, 7) is 3.94. The van der Waals surface area contributed by atoms with Crippen LogP contribution < -0.4 is 5.06 Å². The van der Waals surface area contributed by atoms with E-state index in [0.717, 1.165) is 12.0 Å². The summed E-state index contributed by atoms with van der Waals surface area (Å²) in [4.78, 5) is 17.5. The van der Waals surface area contributed by atoms with E-state index in [0.29, 0.717) is 12.1 Å². The number of carbonyl (C=O) groups is 1. The molecule has 1 N–H and O–H groups in total. The largest absolute Gasteiger partial charge is 0.392 e. The van der Waals surface area contributed by atoms with Crippen molar-refractivity contribution >= 4 is 11.6 Å². The molecule has 4 heteroatoms. The van der Waals surface area contributed by atoms with Gasteiger partial charge in [0.05, 0.1) is 18.7 Å². The van der Waals surface area contributed by atoms with E-state index in [-0.39, 0.29) is 12.5 Å². The topological polar surface area (TPSA) is 49.8 Å². The van der Waals surface area contributed by atoms with E-state index in [1.54, 1.807) is 24.3 Å². The van der Waals surface area contributed by atoms with Gasteiger partial charge in [0, 0.05) is 0 Å². The molecule has 2 rings (SSSR count). The maximum Gasteiger partial charge on any atom is 0.253 e. The summed E-state index contributed by atoms with van der Waals surface area (Å²) in [6, 6.07) is 7.14. The summed E-state index contributed by atoms with van der Waals surface area (Å²) in [5, 5.41) is 10.3. The lowest BCUT2D eigenvalue weighted by atomic mass is 10.0. The van der Waals surface area contributed by atoms with E-state index in [1.165, 1.54) is 5.06 Å². The lowest BCUT2D eigenvalue weighted by molar-refractivity contribution is -0.119. The van der Waals surface area contributed by atoms with Crippen LogP contribution >= 0.6 is 0 Å². The van der Waals surface area contributed by atoms with Crippen molar-refractivity contribution in [2.45, 2.75) is 38.9 Å². The summed E-state index contributed by atoms with van der Waals surface area (Å²) in [6.07, 6.45) is 1.20. The number of anilines is 1. The van der Waals surface area contributed by atoms with Crippen molar-refractivity contribution in [1.29, 1.82) is 0 Å². The van der Waals surface area contributed by atoms with Crippen LogP contribution in [0.2, 0.25) is 0 Å². The molecule has 1 heterocycles. The van der Waals surface area contributed by atoms with Gasteiger partial charge in [-0.2, -0.15) is 5.06 Å². The Hall–Kier alpha value is -1.39. The first-order valence-electron chi connectivity index (χ1n) is 5.80. The number of rotatable bonds is 3. The van der Waals surface area contributed by atoms with Gasteiger partial charge in [0.2, 0.25) is 0 Å². The Morgan fingerprint density at radius 1 is 1.41 bits per heavy atom. The standard InChI is InChI=1S/C13H17NO3/c1-3-13(2)8-12(16)14(17-13)11-6-4-10(9-15)5-7-11/h4-7,15H,3,8-9H2,1-2H3. The highest BCUT2D eigenvalue weighted by Gasteiger charge is 2.40. The molecule has 4 nitrogen and oxygen atoms in total. The number of aliphatic hydroxyl groups excluding tert-OH is 1. The van der Waals surface area contributed by atoms with Gasteiger partial charge in [-0.1, -0.05) is 19.1 Å². The van der Waals surface area contributed by atoms with Gasteiger partial charge in [0.1, 0.15) is 5.60 Å². The Labute approximate surface area is 101 Å². The van der Waals surface area contributed by atoms with Crippen LogP contribution in [0.25, 0.3) is 0 Å². The molecule has 0 bridgehead atoms. The van der Waals surface area contributed by atoms with Crippen molar-refractivity contribution in [3.05, 3.63) is 29.8 Å². The molecule has 0 radical (unpaired) electrons. The second-order valence-electron chi connectivity index (χ2n) is 4.58. The molecule has 0 saturated carbocycles. The number of hydrogen-bond donors (Lipinski definition) is 1. The molecule has 1 atom stereocenters. The summed E-state index contributed by atoms with van der Waals surface area (Å²) in [5.74, 6) is -0.0221. The highest BCUT2D eigenvalue weighted by molar-refractivity contribution is 5.93. The Morgan fingerprint density at radius 2 is 2.06 bits per heavy atom. The van der Waals surface area contributed by atoms with Gasteiger partial charge >= 0.3 is 0 Å². The molecule has 1 aliphatic rings. The summed E-state index contributed by atoms with van der Waals surface area (Å²) in [5.41, 5.74) is 1.13. The van der Waals surface area contributed by atoms with Crippen LogP contribution in [-0.2, 0) is 16.2 Å². The highest BCUT2D eigenvalue weighted by atomic mass is 16.7. The van der Waals surface area contributed by atoms with E-state index in [1.807, 2.05) is 13.8 Å². The normalized spacial score (nSPS) is 24.4. The smallest absolute Gasteiger partial charge is 0.253 e. The first kappa shape index (κ1) is 12.1. The molecule has 17 heavy (non-hydrogen) atoms. The lowest BCUT2D eigenvalue weighted by Gasteiger charge is -2.22. The van der Waals surface area contributed by atoms with Crippen molar-refractivity contribution in [2.75, 3.05) is 5.06 Å². The molecule has 1 saturated heterocycles. The molecule has 1 aromatic carbocycles. The van der Waals surface area contributed by atoms with Gasteiger partial charge in [-0.25, -0.2) is 0 Å². The van der Waals surface area contributed by atoms with Crippen LogP contribution in [0, 0.1) is 0 Å². The average molecular weight is 235 g/mol. The summed E-state index contributed by atoms with van der Waals surface area (Å²) in [7, 11) is 0. The molecule has 92 valence electrons. The third-order valence-corrected chi connectivity index (χ3v) is 3.16. The number of hydroxylamine groups is 1. The van der Waals surface area contributed by atoms with Crippen molar-refractivity contribution < 1.29 is 14.7 Å². The predicted molar refractivity (Wildman–Crippen MR) is 64.2 cm³/mol. The predicted octanol–water partition coefficient (Wildman–Crippen LogP) is 2.02. The van der Waals surface area contributed by atoms with Crippen molar-refractivity contribution in [1.82, 2.24) is 0 Å². The average Bonchev–Trinajstić information content (AvgIpc) is 2.66. The van der Waals surface area contributed by atoms with Gasteiger partial charge in [-0.05, 0) is 31.0 Å². The van der Waals surface area contributed by atoms with Crippen LogP contribution in [0.3, 0.4) is 0 Å². The van der Waals surface area contributed by atoms with Crippen LogP contribution in [0.5, 0.6) is 0 Å². The van der Waals surface area contributed by atoms with E-state index >= 15 is 0 Å². The molecule has 1 aromatic rings. The number of hydrogen-bond acceptors (Lipinski definition) is 3. The van der Waals surface area contributed by atoms with Gasteiger partial charge < -0.3 is 5.11 Å². The minimum absolute atomic E-state index is 0.00174. The molecule has 0 aliphatic carbocycles. The Balaban J connectivity index is 2.20. The fourth-order valence-corrected chi connectivity index (χ4v) is 1.82. The van der Waals surface area contributed by atoms with Crippen LogP contribution in [0.15, 0.2) is 24.3 Å². The SMILES string of the molecule is CCC1(C)CC(=O)N(c2ccc(CO)cc2)O1. The van der Waals surface area contributed by atoms with Gasteiger partial charge in [0.25, 0.3) is 5.91 Å². The Kier molecular flexibility index (Phi) is 3.17. The first-order chi connectivity index (χ1) is 8.08. The molecule has 1 fully saturated rings. The van der Waals surface area contributed by atoms with E-state index in [9.17, 15) is 4.79 Å². The second-order valence-corrected chi connectivity index (χ2v) is 4.58. The second kappa shape index (κ2) is 4.47. The fourth-order valence-electron chi connectivity index (χ4n) is 1.82. The van der Waals surface area contributed by atoms with Gasteiger partial charge in [-0.15, -0.1) is 0 Å². The monoisotopic (exact) mass is 235 g/mol. The van der Waals surface area contributed by atoms with Crippen LogP contribution in [0.4, 0.5) is 5.69 Å². The van der Waals surface area contributed by atoms with Crippen molar-refractivity contribution in [3.8, 4) is 0 Å². The van der Waals surface area contributed by atoms with Crippen LogP contribution in [-0.4, -0.2) is 16.6 Å². The zero-order chi connectivity index (χ0) is 12.5. The third-order valence-electron chi connectivity index (χ3n) is 3.16. The van der Waals surface area contributed by atoms with Gasteiger partial charge in [-0.3, -0.25) is 9.63 Å². The van der Waals surface area contributed by atoms with E-state index in [2.05, 4.69) is 0 Å². The quantitative estimate of drug-likeness (QED) is 0.872. The maximum absolute atomic E-state index is 11.9. The third kappa shape index (κ3) is 2.33. The first-order valence-corrected chi connectivity index (χ1v) is 5.80. The molecule has 1 unspecified atom stereocenters. The lowest BCUT2D eigenvalue weighted by Crippen LogP contribution is -2.27. The van der Waals surface area contributed by atoms with Crippen LogP contribution in [0.1, 0.15) is 32.3 Å². The molecule has 1 amide bonds. The number of nitrogens with zero attached hydrogens (tertiary/aromatic N) is 1. The van der Waals surface area contributed by atoms with E-state index < -0.39 is 5.60 Å². The number of aliphatic hydroxyl groups is 1. The molecular weight excluding hydrogens is 218 g/mol. The molecular formula is C13H17NO3. The molecule has 0 aromatic heterocycles. The zero-order valence-electron chi connectivity index (χ0n) is 10.1. The Bertz CT molecular complexity index is 415. The summed E-state index contributed by atoms with van der Waals surface area (Å²) >= 11 is 0. The number of benzene rings is 1. The Morgan fingerprint density at radius 3 is 2.53 bits per heavy atom. The minimum atomic E-state index is -0.396. The van der Waals surface area contributed by atoms with Crippen molar-refractivity contribution in [2.24, 2.45) is 0 Å². The van der Waals surface area contributed by atoms with Crippen molar-refractivity contribution in [3.63, 3.8) is 0 Å². The van der Waals surface area contributed by atoms with Gasteiger partial charge in [0.15, 0.2) is 0 Å². The molecule has 1 aliphatic heterocycles. The highest BCUT2D eigenvalue weighted by Crippen LogP contribution is 2.33. The van der Waals surface area contributed by atoms with E-state index in [4.69, 9.17) is 9.94 Å². The molecule has 0 spiro atoms. The summed E-state index contributed by atoms with van der Waals surface area (Å²) < 4.78 is 0. The minimum Gasteiger partial charge on any atom is -0.392 e. The maximum atomic E-state index is 11.9.